The van der Waals surface area contributed by atoms with E-state index in [-0.39, 0.29) is 45.2 Å². The molecular formula is C46H73NO14. The predicted molar refractivity (Wildman–Crippen MR) is 220 cm³/mol. The molecule has 5 aliphatic carbocycles. The smallest absolute Gasteiger partial charge is 0.335 e. The number of carbonyl (C=O) groups is 3. The first kappa shape index (κ1) is 46.9. The van der Waals surface area contributed by atoms with E-state index in [0.717, 1.165) is 44.9 Å². The van der Waals surface area contributed by atoms with E-state index in [2.05, 4.69) is 53.8 Å². The monoisotopic (exact) mass is 864 g/mol. The third-order valence-electron chi connectivity index (χ3n) is 18.4. The number of carboxylic acid groups (broad SMARTS) is 2. The molecule has 0 bridgehead atoms. The molecule has 0 radical (unpaired) electrons. The van der Waals surface area contributed by atoms with Crippen molar-refractivity contribution in [3.63, 3.8) is 0 Å². The van der Waals surface area contributed by atoms with Gasteiger partial charge in [0.05, 0.1) is 18.8 Å². The Morgan fingerprint density at radius 1 is 0.852 bits per heavy atom. The van der Waals surface area contributed by atoms with Crippen molar-refractivity contribution < 1.29 is 69.1 Å². The molecule has 0 spiro atoms. The molecule has 15 nitrogen and oxygen atoms in total. The Bertz CT molecular complexity index is 1740. The van der Waals surface area contributed by atoms with E-state index in [4.69, 9.17) is 18.9 Å². The second kappa shape index (κ2) is 16.1. The molecule has 6 fully saturated rings. The van der Waals surface area contributed by atoms with Crippen LogP contribution in [0.1, 0.15) is 120 Å². The summed E-state index contributed by atoms with van der Waals surface area (Å²) in [4.78, 5) is 39.0. The Morgan fingerprint density at radius 3 is 2.16 bits per heavy atom. The summed E-state index contributed by atoms with van der Waals surface area (Å²) in [5.41, 5.74) is -0.349. The van der Waals surface area contributed by atoms with Crippen LogP contribution in [0.3, 0.4) is 0 Å². The van der Waals surface area contributed by atoms with Crippen molar-refractivity contribution in [1.82, 2.24) is 5.32 Å². The Morgan fingerprint density at radius 2 is 1.52 bits per heavy atom. The lowest BCUT2D eigenvalue weighted by molar-refractivity contribution is -0.371. The van der Waals surface area contributed by atoms with Gasteiger partial charge in [0.1, 0.15) is 36.6 Å². The van der Waals surface area contributed by atoms with E-state index in [0.29, 0.717) is 19.4 Å². The first-order valence-electron chi connectivity index (χ1n) is 22.7. The number of allylic oxidation sites excluding steroid dienone is 2. The number of nitrogens with one attached hydrogen (secondary N) is 1. The zero-order chi connectivity index (χ0) is 45.0. The molecule has 0 aromatic rings. The number of ketones is 1. The summed E-state index contributed by atoms with van der Waals surface area (Å²) >= 11 is 0. The van der Waals surface area contributed by atoms with Crippen LogP contribution in [-0.4, -0.2) is 134 Å². The van der Waals surface area contributed by atoms with Crippen LogP contribution in [0.25, 0.3) is 0 Å². The summed E-state index contributed by atoms with van der Waals surface area (Å²) in [6.07, 6.45) is -4.66. The highest BCUT2D eigenvalue weighted by atomic mass is 16.8. The fourth-order valence-corrected chi connectivity index (χ4v) is 14.1. The Hall–Kier alpha value is -2.05. The SMILES string of the molecule is C[C@@H]1[C@@H](O)[C@H](O[C@H]2[C@@H](O[C@H]3CC[C@]4(C)[C@H]5C(=O)C=C6[C@@H]7C[C@@](C)(CN[C@@H](C)C(=O)O)CC[C@]7(C)CC[C@@]6(C)[C@]5(C)CC[C@H]4C3(C)C)O[C@H](C(=O)O)[C@@H](O)[C@@H]2O)O[C@H](CO)[C@H]1O. The molecule has 8 N–H and O–H groups in total. The number of rotatable bonds is 10. The first-order chi connectivity index (χ1) is 28.3. The minimum atomic E-state index is -1.91. The number of fused-ring (bicyclic) bond motifs is 7. The molecule has 2 aliphatic heterocycles. The molecule has 2 heterocycles. The zero-order valence-electron chi connectivity index (χ0n) is 37.5. The molecule has 0 aromatic heterocycles. The summed E-state index contributed by atoms with van der Waals surface area (Å²) < 4.78 is 24.4. The molecule has 0 unspecified atom stereocenters. The van der Waals surface area contributed by atoms with E-state index < -0.39 is 103 Å². The molecule has 346 valence electrons. The molecule has 2 saturated heterocycles. The summed E-state index contributed by atoms with van der Waals surface area (Å²) in [7, 11) is 0. The van der Waals surface area contributed by atoms with Gasteiger partial charge in [0.25, 0.3) is 0 Å². The lowest BCUT2D eigenvalue weighted by Crippen LogP contribution is -2.68. The van der Waals surface area contributed by atoms with Gasteiger partial charge in [-0.2, -0.15) is 0 Å². The van der Waals surface area contributed by atoms with Gasteiger partial charge in [0, 0.05) is 18.4 Å². The van der Waals surface area contributed by atoms with Gasteiger partial charge in [-0.05, 0) is 115 Å². The van der Waals surface area contributed by atoms with Crippen LogP contribution in [0, 0.1) is 56.2 Å². The van der Waals surface area contributed by atoms with Gasteiger partial charge in [-0.3, -0.25) is 9.59 Å². The van der Waals surface area contributed by atoms with Crippen molar-refractivity contribution in [2.45, 2.75) is 188 Å². The third-order valence-corrected chi connectivity index (χ3v) is 18.4. The van der Waals surface area contributed by atoms with Crippen LogP contribution in [0.15, 0.2) is 11.6 Å². The van der Waals surface area contributed by atoms with Gasteiger partial charge in [-0.25, -0.2) is 4.79 Å². The van der Waals surface area contributed by atoms with Crippen molar-refractivity contribution in [3.05, 3.63) is 11.6 Å². The zero-order valence-corrected chi connectivity index (χ0v) is 37.5. The molecule has 7 aliphatic rings. The van der Waals surface area contributed by atoms with E-state index in [1.807, 2.05) is 6.08 Å². The maximum Gasteiger partial charge on any atom is 0.335 e. The third kappa shape index (κ3) is 7.46. The molecule has 61 heavy (non-hydrogen) atoms. The highest BCUT2D eigenvalue weighted by Crippen LogP contribution is 2.75. The number of aliphatic carboxylic acids is 2. The molecular weight excluding hydrogens is 790 g/mol. The van der Waals surface area contributed by atoms with Crippen molar-refractivity contribution in [2.24, 2.45) is 56.2 Å². The molecule has 0 amide bonds. The number of hydrogen-bond acceptors (Lipinski definition) is 13. The van der Waals surface area contributed by atoms with Crippen molar-refractivity contribution in [2.75, 3.05) is 13.2 Å². The lowest BCUT2D eigenvalue weighted by Gasteiger charge is -2.70. The minimum Gasteiger partial charge on any atom is -0.480 e. The lowest BCUT2D eigenvalue weighted by atomic mass is 9.33. The highest BCUT2D eigenvalue weighted by Gasteiger charge is 2.70. The van der Waals surface area contributed by atoms with Gasteiger partial charge < -0.3 is 60.0 Å². The van der Waals surface area contributed by atoms with E-state index >= 15 is 4.79 Å². The van der Waals surface area contributed by atoms with Gasteiger partial charge in [0.15, 0.2) is 24.5 Å². The van der Waals surface area contributed by atoms with Crippen LogP contribution < -0.4 is 5.32 Å². The van der Waals surface area contributed by atoms with Crippen LogP contribution in [-0.2, 0) is 33.3 Å². The summed E-state index contributed by atoms with van der Waals surface area (Å²) in [5.74, 6) is -3.06. The fraction of sp³-hybridized carbons (Fsp3) is 0.891. The summed E-state index contributed by atoms with van der Waals surface area (Å²) in [5, 5.41) is 76.4. The van der Waals surface area contributed by atoms with Gasteiger partial charge in [0.2, 0.25) is 0 Å². The fourth-order valence-electron chi connectivity index (χ4n) is 14.1. The molecule has 15 heteroatoms. The summed E-state index contributed by atoms with van der Waals surface area (Å²) in [6.45, 7) is 19.1. The number of aliphatic hydroxyl groups is 5. The van der Waals surface area contributed by atoms with Crippen LogP contribution >= 0.6 is 0 Å². The number of hydrogen-bond donors (Lipinski definition) is 8. The normalized spacial score (nSPS) is 51.2. The number of aliphatic hydroxyl groups excluding tert-OH is 5. The van der Waals surface area contributed by atoms with E-state index in [1.165, 1.54) is 5.57 Å². The number of carboxylic acids is 2. The van der Waals surface area contributed by atoms with Gasteiger partial charge in [-0.1, -0.05) is 61.0 Å². The molecule has 0 aromatic carbocycles. The second-order valence-electron chi connectivity index (χ2n) is 22.3. The highest BCUT2D eigenvalue weighted by molar-refractivity contribution is 5.95. The average molecular weight is 864 g/mol. The number of ether oxygens (including phenoxy) is 4. The van der Waals surface area contributed by atoms with Crippen molar-refractivity contribution in [3.8, 4) is 0 Å². The summed E-state index contributed by atoms with van der Waals surface area (Å²) in [6, 6.07) is -0.644. The van der Waals surface area contributed by atoms with Crippen LogP contribution in [0.2, 0.25) is 0 Å². The Labute approximate surface area is 359 Å². The quantitative estimate of drug-likeness (QED) is 0.147. The standard InChI is InChI=1S/C46H73NO14/c1-22-30(50)27(20-48)58-39(31(22)51)61-35-33(53)32(52)34(38(56)57)60-40(35)59-29-11-12-44(7)28(41(29,3)4)10-13-46(9)36(44)26(49)18-24-25-19-42(5,21-47-23(2)37(54)55)14-15-43(25,6)16-17-45(24,46)8/h18,22-23,25,27-36,39-40,47-48,50-53H,10-17,19-21H2,1-9H3,(H,54,55)(H,56,57)/t22-,23-,25-,27+,28-,29-,30-,31+,32-,33-,34-,35+,36+,39-,40-,42-,43+,44-,45+,46+/m0/s1. The topological polar surface area (TPSA) is 242 Å². The van der Waals surface area contributed by atoms with Crippen molar-refractivity contribution in [1.29, 1.82) is 0 Å². The Kier molecular flexibility index (Phi) is 12.4. The minimum absolute atomic E-state index is 0.00153. The first-order valence-corrected chi connectivity index (χ1v) is 22.7. The predicted octanol–water partition coefficient (Wildman–Crippen LogP) is 3.41. The number of carbonyl (C=O) groups excluding carboxylic acids is 1. The largest absolute Gasteiger partial charge is 0.480 e. The molecule has 20 atom stereocenters. The van der Waals surface area contributed by atoms with Gasteiger partial charge in [-0.15, -0.1) is 0 Å². The Balaban J connectivity index is 1.15. The molecule has 7 rings (SSSR count). The van der Waals surface area contributed by atoms with Crippen LogP contribution in [0.5, 0.6) is 0 Å². The molecule has 4 saturated carbocycles. The van der Waals surface area contributed by atoms with E-state index in [9.17, 15) is 45.3 Å². The van der Waals surface area contributed by atoms with E-state index in [1.54, 1.807) is 13.8 Å². The van der Waals surface area contributed by atoms with Crippen LogP contribution in [0.4, 0.5) is 0 Å². The maximum absolute atomic E-state index is 15.1. The van der Waals surface area contributed by atoms with Crippen molar-refractivity contribution >= 4 is 17.7 Å². The average Bonchev–Trinajstić information content (AvgIpc) is 3.18. The van der Waals surface area contributed by atoms with Gasteiger partial charge >= 0.3 is 11.9 Å². The second-order valence-corrected chi connectivity index (χ2v) is 22.3. The maximum atomic E-state index is 15.1.